The summed E-state index contributed by atoms with van der Waals surface area (Å²) in [5, 5.41) is 0.399. The van der Waals surface area contributed by atoms with Gasteiger partial charge in [0.2, 0.25) is 0 Å². The Balaban J connectivity index is 2.60. The third-order valence-corrected chi connectivity index (χ3v) is 3.26. The minimum atomic E-state index is -0.330. The molecule has 3 heteroatoms. The van der Waals surface area contributed by atoms with Gasteiger partial charge >= 0.3 is 0 Å². The molecule has 0 aliphatic heterocycles. The molecule has 1 aromatic carbocycles. The predicted molar refractivity (Wildman–Crippen MR) is 78.1 cm³/mol. The zero-order valence-corrected chi connectivity index (χ0v) is 12.3. The lowest BCUT2D eigenvalue weighted by atomic mass is 9.91. The van der Waals surface area contributed by atoms with E-state index < -0.39 is 0 Å². The molecule has 0 radical (unpaired) electrons. The van der Waals surface area contributed by atoms with Crippen LogP contribution in [0.5, 0.6) is 0 Å². The molecule has 0 fully saturated rings. The predicted octanol–water partition coefficient (Wildman–Crippen LogP) is 5.15. The van der Waals surface area contributed by atoms with Crippen molar-refractivity contribution in [3.8, 4) is 11.3 Å². The lowest BCUT2D eigenvalue weighted by Gasteiger charge is -2.18. The Bertz CT molecular complexity index is 591. The second kappa shape index (κ2) is 4.93. The van der Waals surface area contributed by atoms with Crippen LogP contribution in [0.25, 0.3) is 11.3 Å². The van der Waals surface area contributed by atoms with E-state index in [0.29, 0.717) is 16.3 Å². The Morgan fingerprint density at radius 2 is 1.84 bits per heavy atom. The van der Waals surface area contributed by atoms with Crippen LogP contribution in [-0.4, -0.2) is 4.98 Å². The molecular weight excluding hydrogens is 261 g/mol. The Kier molecular flexibility index (Phi) is 3.64. The first-order valence-electron chi connectivity index (χ1n) is 6.22. The molecule has 1 heterocycles. The van der Waals surface area contributed by atoms with Gasteiger partial charge in [-0.25, -0.2) is 4.39 Å². The smallest absolute Gasteiger partial charge is 0.134 e. The molecule has 2 rings (SSSR count). The highest BCUT2D eigenvalue weighted by Gasteiger charge is 2.18. The summed E-state index contributed by atoms with van der Waals surface area (Å²) >= 11 is 6.16. The van der Waals surface area contributed by atoms with E-state index in [1.165, 1.54) is 6.07 Å². The number of pyridine rings is 1. The van der Waals surface area contributed by atoms with Crippen molar-refractivity contribution in [2.45, 2.75) is 33.1 Å². The Labute approximate surface area is 118 Å². The van der Waals surface area contributed by atoms with Gasteiger partial charge in [-0.3, -0.25) is 4.98 Å². The maximum atomic E-state index is 14.1. The first kappa shape index (κ1) is 14.0. The van der Waals surface area contributed by atoms with Gasteiger partial charge in [0.15, 0.2) is 0 Å². The van der Waals surface area contributed by atoms with Gasteiger partial charge in [-0.2, -0.15) is 0 Å². The summed E-state index contributed by atoms with van der Waals surface area (Å²) < 4.78 is 14.1. The number of hydrogen-bond donors (Lipinski definition) is 0. The van der Waals surface area contributed by atoms with E-state index in [4.69, 9.17) is 11.6 Å². The van der Waals surface area contributed by atoms with Gasteiger partial charge < -0.3 is 0 Å². The highest BCUT2D eigenvalue weighted by Crippen LogP contribution is 2.32. The summed E-state index contributed by atoms with van der Waals surface area (Å²) in [4.78, 5) is 4.54. The van der Waals surface area contributed by atoms with Crippen LogP contribution in [0.1, 0.15) is 32.0 Å². The van der Waals surface area contributed by atoms with E-state index in [9.17, 15) is 4.39 Å². The molecule has 2 aromatic rings. The molecule has 0 saturated heterocycles. The van der Waals surface area contributed by atoms with Gasteiger partial charge in [0.05, 0.1) is 16.3 Å². The van der Waals surface area contributed by atoms with Crippen LogP contribution in [0.2, 0.25) is 5.02 Å². The Morgan fingerprint density at radius 3 is 2.42 bits per heavy atom. The van der Waals surface area contributed by atoms with E-state index in [-0.39, 0.29) is 11.2 Å². The van der Waals surface area contributed by atoms with Gasteiger partial charge in [-0.1, -0.05) is 38.4 Å². The lowest BCUT2D eigenvalue weighted by molar-refractivity contribution is 0.569. The maximum absolute atomic E-state index is 14.1. The zero-order valence-electron chi connectivity index (χ0n) is 11.6. The summed E-state index contributed by atoms with van der Waals surface area (Å²) in [5.41, 5.74) is 2.59. The largest absolute Gasteiger partial charge is 0.252 e. The van der Waals surface area contributed by atoms with E-state index >= 15 is 0 Å². The average molecular weight is 278 g/mol. The standard InChI is InChI=1S/C16H17ClFN/c1-10-8-11(17)15(12(18)9-10)13-6-5-7-14(19-13)16(2,3)4/h5-9H,1-4H3. The molecule has 1 nitrogen and oxygen atoms in total. The van der Waals surface area contributed by atoms with Crippen LogP contribution in [-0.2, 0) is 5.41 Å². The first-order chi connectivity index (χ1) is 8.79. The van der Waals surface area contributed by atoms with Crippen LogP contribution in [0.3, 0.4) is 0 Å². The molecule has 0 aliphatic carbocycles. The summed E-state index contributed by atoms with van der Waals surface area (Å²) in [7, 11) is 0. The Morgan fingerprint density at radius 1 is 1.16 bits per heavy atom. The summed E-state index contributed by atoms with van der Waals surface area (Å²) in [6.07, 6.45) is 0. The average Bonchev–Trinajstić information content (AvgIpc) is 2.26. The fraction of sp³-hybridized carbons (Fsp3) is 0.312. The van der Waals surface area contributed by atoms with Gasteiger partial charge in [-0.15, -0.1) is 0 Å². The Hall–Kier alpha value is -1.41. The van der Waals surface area contributed by atoms with Crippen molar-refractivity contribution in [1.29, 1.82) is 0 Å². The molecule has 0 saturated carbocycles. The monoisotopic (exact) mass is 277 g/mol. The molecule has 0 spiro atoms. The second-order valence-corrected chi connectivity index (χ2v) is 6.17. The van der Waals surface area contributed by atoms with Crippen molar-refractivity contribution in [3.05, 3.63) is 52.4 Å². The third-order valence-electron chi connectivity index (χ3n) is 2.96. The summed E-state index contributed by atoms with van der Waals surface area (Å²) in [6.45, 7) is 8.04. The van der Waals surface area contributed by atoms with Crippen LogP contribution in [0, 0.1) is 12.7 Å². The molecule has 100 valence electrons. The van der Waals surface area contributed by atoms with Crippen molar-refractivity contribution in [3.63, 3.8) is 0 Å². The quantitative estimate of drug-likeness (QED) is 0.703. The summed E-state index contributed by atoms with van der Waals surface area (Å²) in [5.74, 6) is -0.330. The van der Waals surface area contributed by atoms with Crippen molar-refractivity contribution < 1.29 is 4.39 Å². The second-order valence-electron chi connectivity index (χ2n) is 5.76. The molecule has 0 aliphatic rings. The van der Waals surface area contributed by atoms with Crippen molar-refractivity contribution in [2.24, 2.45) is 0 Å². The van der Waals surface area contributed by atoms with Crippen LogP contribution >= 0.6 is 11.6 Å². The highest BCUT2D eigenvalue weighted by atomic mass is 35.5. The molecule has 0 amide bonds. The molecule has 0 N–H and O–H groups in total. The fourth-order valence-corrected chi connectivity index (χ4v) is 2.30. The van der Waals surface area contributed by atoms with Crippen LogP contribution < -0.4 is 0 Å². The van der Waals surface area contributed by atoms with Gasteiger partial charge in [-0.05, 0) is 36.8 Å². The molecule has 0 bridgehead atoms. The number of rotatable bonds is 1. The topological polar surface area (TPSA) is 12.9 Å². The molecular formula is C16H17ClFN. The van der Waals surface area contributed by atoms with Gasteiger partial charge in [0, 0.05) is 11.1 Å². The normalized spacial score (nSPS) is 11.7. The molecule has 1 aromatic heterocycles. The molecule has 0 atom stereocenters. The van der Waals surface area contributed by atoms with E-state index in [1.54, 1.807) is 12.1 Å². The molecule has 19 heavy (non-hydrogen) atoms. The minimum Gasteiger partial charge on any atom is -0.252 e. The number of aryl methyl sites for hydroxylation is 1. The van der Waals surface area contributed by atoms with Crippen molar-refractivity contribution >= 4 is 11.6 Å². The number of nitrogens with zero attached hydrogens (tertiary/aromatic N) is 1. The SMILES string of the molecule is Cc1cc(F)c(-c2cccc(C(C)(C)C)n2)c(Cl)c1. The minimum absolute atomic E-state index is 0.0797. The van der Waals surface area contributed by atoms with Crippen LogP contribution in [0.4, 0.5) is 4.39 Å². The number of benzene rings is 1. The fourth-order valence-electron chi connectivity index (χ4n) is 1.94. The number of hydrogen-bond acceptors (Lipinski definition) is 1. The van der Waals surface area contributed by atoms with Gasteiger partial charge in [0.25, 0.3) is 0 Å². The zero-order chi connectivity index (χ0) is 14.2. The van der Waals surface area contributed by atoms with E-state index in [2.05, 4.69) is 25.8 Å². The lowest BCUT2D eigenvalue weighted by Crippen LogP contribution is -2.13. The molecule has 0 unspecified atom stereocenters. The van der Waals surface area contributed by atoms with Gasteiger partial charge in [0.1, 0.15) is 5.82 Å². The van der Waals surface area contributed by atoms with Crippen molar-refractivity contribution in [1.82, 2.24) is 4.98 Å². The van der Waals surface area contributed by atoms with E-state index in [1.807, 2.05) is 19.1 Å². The number of halogens is 2. The summed E-state index contributed by atoms with van der Waals surface area (Å²) in [6, 6.07) is 8.86. The van der Waals surface area contributed by atoms with Crippen LogP contribution in [0.15, 0.2) is 30.3 Å². The number of aromatic nitrogens is 1. The highest BCUT2D eigenvalue weighted by molar-refractivity contribution is 6.33. The van der Waals surface area contributed by atoms with E-state index in [0.717, 1.165) is 11.3 Å². The first-order valence-corrected chi connectivity index (χ1v) is 6.60. The third kappa shape index (κ3) is 2.95. The maximum Gasteiger partial charge on any atom is 0.134 e. The van der Waals surface area contributed by atoms with Crippen molar-refractivity contribution in [2.75, 3.05) is 0 Å².